The highest BCUT2D eigenvalue weighted by Crippen LogP contribution is 2.31. The lowest BCUT2D eigenvalue weighted by molar-refractivity contribution is -0.385. The van der Waals surface area contributed by atoms with Crippen molar-refractivity contribution in [2.75, 3.05) is 31.1 Å². The van der Waals surface area contributed by atoms with Crippen LogP contribution in [-0.4, -0.2) is 43.8 Å². The lowest BCUT2D eigenvalue weighted by Gasteiger charge is -2.36. The van der Waals surface area contributed by atoms with Crippen LogP contribution in [0.1, 0.15) is 11.1 Å². The number of piperazine rings is 1. The number of nitro groups is 1. The maximum absolute atomic E-state index is 12.8. The van der Waals surface area contributed by atoms with Crippen LogP contribution in [0.15, 0.2) is 45.8 Å². The maximum Gasteiger partial charge on any atom is 0.275 e. The zero-order chi connectivity index (χ0) is 20.5. The van der Waals surface area contributed by atoms with Gasteiger partial charge in [-0.05, 0) is 31.2 Å². The van der Waals surface area contributed by atoms with E-state index < -0.39 is 14.9 Å². The van der Waals surface area contributed by atoms with Gasteiger partial charge in [0.05, 0.1) is 27.0 Å². The molecule has 0 aromatic heterocycles. The molecule has 8 nitrogen and oxygen atoms in total. The Kier molecular flexibility index (Phi) is 5.69. The van der Waals surface area contributed by atoms with Gasteiger partial charge in [-0.1, -0.05) is 22.0 Å². The number of nitriles is 1. The van der Waals surface area contributed by atoms with Gasteiger partial charge in [-0.2, -0.15) is 9.57 Å². The topological polar surface area (TPSA) is 108 Å². The molecule has 0 bridgehead atoms. The van der Waals surface area contributed by atoms with Crippen molar-refractivity contribution in [3.63, 3.8) is 0 Å². The standard InChI is InChI=1S/C18H17BrN4O4S/c1-13-17(9-14(12-20)10-18(13)23(24)25)21-5-7-22(8-6-21)28(26,27)16-4-2-3-15(19)11-16/h2-4,9-11H,5-8H2,1H3. The number of anilines is 1. The second-order valence-corrected chi connectivity index (χ2v) is 9.21. The van der Waals surface area contributed by atoms with Crippen LogP contribution in [-0.2, 0) is 10.0 Å². The van der Waals surface area contributed by atoms with Gasteiger partial charge in [-0.25, -0.2) is 8.42 Å². The Morgan fingerprint density at radius 1 is 1.18 bits per heavy atom. The van der Waals surface area contributed by atoms with Crippen molar-refractivity contribution in [3.05, 3.63) is 62.1 Å². The molecule has 28 heavy (non-hydrogen) atoms. The van der Waals surface area contributed by atoms with E-state index in [0.717, 1.165) is 0 Å². The van der Waals surface area contributed by atoms with E-state index in [9.17, 15) is 23.8 Å². The number of hydrogen-bond donors (Lipinski definition) is 0. The van der Waals surface area contributed by atoms with Gasteiger partial charge in [0, 0.05) is 42.4 Å². The zero-order valence-corrected chi connectivity index (χ0v) is 17.4. The predicted octanol–water partition coefficient (Wildman–Crippen LogP) is 3.05. The molecule has 0 spiro atoms. The van der Waals surface area contributed by atoms with Crippen LogP contribution in [0.3, 0.4) is 0 Å². The molecule has 1 heterocycles. The molecule has 146 valence electrons. The van der Waals surface area contributed by atoms with Crippen LogP contribution >= 0.6 is 15.9 Å². The molecule has 1 aliphatic heterocycles. The molecule has 1 fully saturated rings. The minimum atomic E-state index is -3.62. The number of benzene rings is 2. The first-order valence-electron chi connectivity index (χ1n) is 8.44. The van der Waals surface area contributed by atoms with E-state index in [2.05, 4.69) is 15.9 Å². The van der Waals surface area contributed by atoms with Crippen molar-refractivity contribution in [1.29, 1.82) is 5.26 Å². The van der Waals surface area contributed by atoms with E-state index in [4.69, 9.17) is 0 Å². The highest BCUT2D eigenvalue weighted by molar-refractivity contribution is 9.10. The van der Waals surface area contributed by atoms with Gasteiger partial charge in [0.25, 0.3) is 5.69 Å². The number of sulfonamides is 1. The fourth-order valence-electron chi connectivity index (χ4n) is 3.21. The minimum Gasteiger partial charge on any atom is -0.368 e. The third kappa shape index (κ3) is 3.87. The highest BCUT2D eigenvalue weighted by atomic mass is 79.9. The first-order valence-corrected chi connectivity index (χ1v) is 10.7. The Labute approximate surface area is 171 Å². The summed E-state index contributed by atoms with van der Waals surface area (Å²) < 4.78 is 27.8. The monoisotopic (exact) mass is 464 g/mol. The van der Waals surface area contributed by atoms with Gasteiger partial charge in [0.1, 0.15) is 0 Å². The van der Waals surface area contributed by atoms with Crippen molar-refractivity contribution < 1.29 is 13.3 Å². The lowest BCUT2D eigenvalue weighted by atomic mass is 10.1. The number of hydrogen-bond acceptors (Lipinski definition) is 6. The summed E-state index contributed by atoms with van der Waals surface area (Å²) in [5.74, 6) is 0. The Morgan fingerprint density at radius 3 is 2.43 bits per heavy atom. The summed E-state index contributed by atoms with van der Waals surface area (Å²) in [6.07, 6.45) is 0. The quantitative estimate of drug-likeness (QED) is 0.508. The minimum absolute atomic E-state index is 0.113. The van der Waals surface area contributed by atoms with Crippen LogP contribution in [0.25, 0.3) is 0 Å². The molecule has 0 radical (unpaired) electrons. The lowest BCUT2D eigenvalue weighted by Crippen LogP contribution is -2.48. The molecule has 0 amide bonds. The SMILES string of the molecule is Cc1c(N2CCN(S(=O)(=O)c3cccc(Br)c3)CC2)cc(C#N)cc1[N+](=O)[O-]. The highest BCUT2D eigenvalue weighted by Gasteiger charge is 2.30. The van der Waals surface area contributed by atoms with E-state index in [-0.39, 0.29) is 29.2 Å². The molecular formula is C18H17BrN4O4S. The fourth-order valence-corrected chi connectivity index (χ4v) is 5.23. The Bertz CT molecular complexity index is 1070. The summed E-state index contributed by atoms with van der Waals surface area (Å²) >= 11 is 3.29. The maximum atomic E-state index is 12.8. The fraction of sp³-hybridized carbons (Fsp3) is 0.278. The number of halogens is 1. The molecule has 10 heteroatoms. The van der Waals surface area contributed by atoms with Crippen LogP contribution < -0.4 is 4.90 Å². The average Bonchev–Trinajstić information content (AvgIpc) is 2.68. The molecule has 0 saturated carbocycles. The van der Waals surface area contributed by atoms with Crippen molar-refractivity contribution in [1.82, 2.24) is 4.31 Å². The second-order valence-electron chi connectivity index (χ2n) is 6.36. The number of nitrogens with zero attached hydrogens (tertiary/aromatic N) is 4. The van der Waals surface area contributed by atoms with Crippen LogP contribution in [0.5, 0.6) is 0 Å². The number of nitro benzene ring substituents is 1. The third-order valence-electron chi connectivity index (χ3n) is 4.69. The zero-order valence-electron chi connectivity index (χ0n) is 15.0. The molecule has 2 aromatic carbocycles. The van der Waals surface area contributed by atoms with E-state index in [0.29, 0.717) is 28.8 Å². The Balaban J connectivity index is 1.84. The largest absolute Gasteiger partial charge is 0.368 e. The third-order valence-corrected chi connectivity index (χ3v) is 7.08. The molecule has 0 N–H and O–H groups in total. The van der Waals surface area contributed by atoms with E-state index in [1.807, 2.05) is 11.0 Å². The Hall–Kier alpha value is -2.48. The van der Waals surface area contributed by atoms with Gasteiger partial charge in [-0.3, -0.25) is 10.1 Å². The van der Waals surface area contributed by atoms with Gasteiger partial charge < -0.3 is 4.90 Å². The summed E-state index contributed by atoms with van der Waals surface area (Å²) in [4.78, 5) is 12.9. The predicted molar refractivity (Wildman–Crippen MR) is 108 cm³/mol. The molecular weight excluding hydrogens is 448 g/mol. The van der Waals surface area contributed by atoms with Gasteiger partial charge in [-0.15, -0.1) is 0 Å². The molecule has 1 aliphatic rings. The average molecular weight is 465 g/mol. The molecule has 0 aliphatic carbocycles. The van der Waals surface area contributed by atoms with E-state index in [1.54, 1.807) is 37.3 Å². The second kappa shape index (κ2) is 7.87. The molecule has 1 saturated heterocycles. The molecule has 0 atom stereocenters. The summed E-state index contributed by atoms with van der Waals surface area (Å²) in [5, 5.41) is 20.5. The summed E-state index contributed by atoms with van der Waals surface area (Å²) in [6.45, 7) is 2.89. The smallest absolute Gasteiger partial charge is 0.275 e. The molecule has 3 rings (SSSR count). The van der Waals surface area contributed by atoms with Crippen LogP contribution in [0, 0.1) is 28.4 Å². The number of rotatable bonds is 4. The van der Waals surface area contributed by atoms with Gasteiger partial charge in [0.2, 0.25) is 10.0 Å². The summed E-state index contributed by atoms with van der Waals surface area (Å²) in [5.41, 5.74) is 1.15. The summed E-state index contributed by atoms with van der Waals surface area (Å²) in [6, 6.07) is 11.4. The first kappa shape index (κ1) is 20.3. The van der Waals surface area contributed by atoms with Gasteiger partial charge >= 0.3 is 0 Å². The van der Waals surface area contributed by atoms with Crippen molar-refractivity contribution >= 4 is 37.3 Å². The van der Waals surface area contributed by atoms with E-state index >= 15 is 0 Å². The van der Waals surface area contributed by atoms with Crippen molar-refractivity contribution in [3.8, 4) is 6.07 Å². The molecule has 2 aromatic rings. The molecule has 0 unspecified atom stereocenters. The van der Waals surface area contributed by atoms with Crippen molar-refractivity contribution in [2.45, 2.75) is 11.8 Å². The summed E-state index contributed by atoms with van der Waals surface area (Å²) in [7, 11) is -3.62. The normalized spacial score (nSPS) is 15.2. The van der Waals surface area contributed by atoms with Crippen LogP contribution in [0.2, 0.25) is 0 Å². The van der Waals surface area contributed by atoms with Crippen molar-refractivity contribution in [2.24, 2.45) is 0 Å². The Morgan fingerprint density at radius 2 is 1.86 bits per heavy atom. The van der Waals surface area contributed by atoms with Crippen LogP contribution in [0.4, 0.5) is 11.4 Å². The van der Waals surface area contributed by atoms with Gasteiger partial charge in [0.15, 0.2) is 0 Å². The first-order chi connectivity index (χ1) is 13.2. The van der Waals surface area contributed by atoms with E-state index in [1.165, 1.54) is 10.4 Å².